The Labute approximate surface area is 197 Å². The summed E-state index contributed by atoms with van der Waals surface area (Å²) < 4.78 is 26.4. The number of methoxy groups -OCH3 is 1. The van der Waals surface area contributed by atoms with Gasteiger partial charge >= 0.3 is 11.9 Å². The van der Waals surface area contributed by atoms with Gasteiger partial charge in [0.15, 0.2) is 6.29 Å². The van der Waals surface area contributed by atoms with Crippen molar-refractivity contribution < 1.29 is 38.1 Å². The first-order valence-electron chi connectivity index (χ1n) is 11.2. The zero-order valence-electron chi connectivity index (χ0n) is 19.3. The molecule has 0 saturated carbocycles. The van der Waals surface area contributed by atoms with Crippen molar-refractivity contribution in [2.45, 2.75) is 33.0 Å². The quantitative estimate of drug-likeness (QED) is 0.394. The van der Waals surface area contributed by atoms with E-state index in [1.807, 2.05) is 0 Å². The fraction of sp³-hybridized carbons (Fsp3) is 0.682. The van der Waals surface area contributed by atoms with Gasteiger partial charge in [-0.25, -0.2) is 9.59 Å². The van der Waals surface area contributed by atoms with Gasteiger partial charge in [-0.05, 0) is 45.3 Å². The second-order valence-corrected chi connectivity index (χ2v) is 8.90. The average molecular weight is 485 g/mol. The van der Waals surface area contributed by atoms with Crippen molar-refractivity contribution in [2.24, 2.45) is 5.92 Å². The summed E-state index contributed by atoms with van der Waals surface area (Å²) in [5.41, 5.74) is 0.608. The number of carbonyl (C=O) groups is 3. The standard InChI is InChI=1S/C22H32N2O8S/c1-4-29-20(26)17-14(2)18(21(27)30-10-9-28-3)33-19(17)23-16(25)13-24-7-5-15(6-8-24)22-31-11-12-32-22/h15,22H,4-13H2,1-3H3,(H,23,25). The number of anilines is 1. The Bertz CT molecular complexity index is 829. The number of hydrogen-bond donors (Lipinski definition) is 1. The van der Waals surface area contributed by atoms with Crippen LogP contribution in [0.15, 0.2) is 0 Å². The minimum Gasteiger partial charge on any atom is -0.462 e. The lowest BCUT2D eigenvalue weighted by molar-refractivity contribution is -0.119. The Morgan fingerprint density at radius 1 is 1.09 bits per heavy atom. The monoisotopic (exact) mass is 484 g/mol. The number of hydrogen-bond acceptors (Lipinski definition) is 10. The third-order valence-electron chi connectivity index (χ3n) is 5.62. The maximum Gasteiger partial charge on any atom is 0.348 e. The van der Waals surface area contributed by atoms with Crippen LogP contribution < -0.4 is 5.32 Å². The van der Waals surface area contributed by atoms with E-state index in [0.29, 0.717) is 24.7 Å². The minimum atomic E-state index is -0.588. The third kappa shape index (κ3) is 6.73. The van der Waals surface area contributed by atoms with E-state index in [1.165, 1.54) is 7.11 Å². The maximum absolute atomic E-state index is 12.8. The molecule has 3 rings (SSSR count). The summed E-state index contributed by atoms with van der Waals surface area (Å²) in [6, 6.07) is 0. The number of rotatable bonds is 10. The van der Waals surface area contributed by atoms with Crippen LogP contribution in [0.5, 0.6) is 0 Å². The fourth-order valence-corrected chi connectivity index (χ4v) is 5.03. The molecule has 10 nitrogen and oxygen atoms in total. The summed E-state index contributed by atoms with van der Waals surface area (Å²) in [7, 11) is 1.51. The highest BCUT2D eigenvalue weighted by atomic mass is 32.1. The van der Waals surface area contributed by atoms with E-state index in [1.54, 1.807) is 13.8 Å². The fourth-order valence-electron chi connectivity index (χ4n) is 3.93. The van der Waals surface area contributed by atoms with Gasteiger partial charge in [-0.15, -0.1) is 11.3 Å². The SMILES string of the molecule is CCOC(=O)c1c(NC(=O)CN2CCC(C3OCCO3)CC2)sc(C(=O)OCCOC)c1C. The zero-order chi connectivity index (χ0) is 23.8. The van der Waals surface area contributed by atoms with E-state index in [0.717, 1.165) is 37.3 Å². The summed E-state index contributed by atoms with van der Waals surface area (Å²) in [5, 5.41) is 3.09. The smallest absolute Gasteiger partial charge is 0.348 e. The van der Waals surface area contributed by atoms with Crippen LogP contribution in [-0.2, 0) is 28.5 Å². The van der Waals surface area contributed by atoms with Crippen molar-refractivity contribution >= 4 is 34.2 Å². The van der Waals surface area contributed by atoms with Gasteiger partial charge < -0.3 is 29.0 Å². The molecule has 2 fully saturated rings. The molecule has 0 spiro atoms. The van der Waals surface area contributed by atoms with E-state index in [9.17, 15) is 14.4 Å². The van der Waals surface area contributed by atoms with Crippen molar-refractivity contribution in [3.05, 3.63) is 16.0 Å². The number of thiophene rings is 1. The molecule has 1 N–H and O–H groups in total. The molecule has 0 aromatic carbocycles. The molecular formula is C22H32N2O8S. The predicted octanol–water partition coefficient (Wildman–Crippen LogP) is 2.06. The molecular weight excluding hydrogens is 452 g/mol. The number of esters is 2. The van der Waals surface area contributed by atoms with E-state index < -0.39 is 11.9 Å². The summed E-state index contributed by atoms with van der Waals surface area (Å²) in [6.07, 6.45) is 1.65. The van der Waals surface area contributed by atoms with Crippen LogP contribution in [0.25, 0.3) is 0 Å². The summed E-state index contributed by atoms with van der Waals surface area (Å²) >= 11 is 1.01. The molecule has 1 amide bonds. The van der Waals surface area contributed by atoms with Crippen LogP contribution in [-0.4, -0.2) is 88.8 Å². The average Bonchev–Trinajstić information content (AvgIpc) is 3.43. The number of amides is 1. The number of ether oxygens (including phenoxy) is 5. The largest absolute Gasteiger partial charge is 0.462 e. The van der Waals surface area contributed by atoms with Gasteiger partial charge in [0.25, 0.3) is 0 Å². The highest BCUT2D eigenvalue weighted by Gasteiger charge is 2.32. The predicted molar refractivity (Wildman–Crippen MR) is 121 cm³/mol. The number of nitrogens with zero attached hydrogens (tertiary/aromatic N) is 1. The van der Waals surface area contributed by atoms with Crippen LogP contribution >= 0.6 is 11.3 Å². The Balaban J connectivity index is 1.63. The lowest BCUT2D eigenvalue weighted by atomic mass is 9.96. The van der Waals surface area contributed by atoms with Gasteiger partial charge in [0, 0.05) is 13.0 Å². The Kier molecular flexibility index (Phi) is 9.63. The molecule has 2 aliphatic rings. The van der Waals surface area contributed by atoms with E-state index >= 15 is 0 Å². The molecule has 0 atom stereocenters. The molecule has 0 unspecified atom stereocenters. The highest BCUT2D eigenvalue weighted by Crippen LogP contribution is 2.34. The van der Waals surface area contributed by atoms with Crippen molar-refractivity contribution in [1.29, 1.82) is 0 Å². The molecule has 0 radical (unpaired) electrons. The normalized spacial score (nSPS) is 17.8. The summed E-state index contributed by atoms with van der Waals surface area (Å²) in [4.78, 5) is 40.1. The maximum atomic E-state index is 12.8. The molecule has 11 heteroatoms. The molecule has 33 heavy (non-hydrogen) atoms. The molecule has 1 aromatic rings. The number of piperidine rings is 1. The van der Waals surface area contributed by atoms with Crippen LogP contribution in [0.1, 0.15) is 45.4 Å². The van der Waals surface area contributed by atoms with Gasteiger partial charge in [0.05, 0.1) is 38.5 Å². The Morgan fingerprint density at radius 3 is 2.42 bits per heavy atom. The first kappa shape index (κ1) is 25.6. The zero-order valence-corrected chi connectivity index (χ0v) is 20.2. The third-order valence-corrected chi connectivity index (χ3v) is 6.80. The first-order valence-corrected chi connectivity index (χ1v) is 12.0. The molecule has 1 aromatic heterocycles. The Hall–Kier alpha value is -2.05. The van der Waals surface area contributed by atoms with Crippen molar-refractivity contribution in [3.8, 4) is 0 Å². The first-order chi connectivity index (χ1) is 15.9. The van der Waals surface area contributed by atoms with Crippen molar-refractivity contribution in [3.63, 3.8) is 0 Å². The second kappa shape index (κ2) is 12.4. The van der Waals surface area contributed by atoms with Crippen LogP contribution in [0.3, 0.4) is 0 Å². The van der Waals surface area contributed by atoms with Gasteiger partial charge in [-0.3, -0.25) is 9.69 Å². The highest BCUT2D eigenvalue weighted by molar-refractivity contribution is 7.18. The van der Waals surface area contributed by atoms with E-state index in [4.69, 9.17) is 23.7 Å². The molecule has 2 aliphatic heterocycles. The molecule has 3 heterocycles. The van der Waals surface area contributed by atoms with Gasteiger partial charge in [0.2, 0.25) is 5.91 Å². The van der Waals surface area contributed by atoms with Crippen LogP contribution in [0.4, 0.5) is 5.00 Å². The van der Waals surface area contributed by atoms with Crippen LogP contribution in [0.2, 0.25) is 0 Å². The van der Waals surface area contributed by atoms with Gasteiger partial charge in [0.1, 0.15) is 16.5 Å². The summed E-state index contributed by atoms with van der Waals surface area (Å²) in [5.74, 6) is -1.07. The van der Waals surface area contributed by atoms with Crippen molar-refractivity contribution in [2.75, 3.05) is 65.1 Å². The molecule has 184 valence electrons. The lowest BCUT2D eigenvalue weighted by Gasteiger charge is -2.33. The van der Waals surface area contributed by atoms with Crippen molar-refractivity contribution in [1.82, 2.24) is 4.90 Å². The van der Waals surface area contributed by atoms with Gasteiger partial charge in [-0.2, -0.15) is 0 Å². The number of likely N-dealkylation sites (tertiary alicyclic amines) is 1. The lowest BCUT2D eigenvalue weighted by Crippen LogP contribution is -2.41. The summed E-state index contributed by atoms with van der Waals surface area (Å²) in [6.45, 7) is 6.85. The molecule has 0 bridgehead atoms. The number of carbonyl (C=O) groups excluding carboxylic acids is 3. The van der Waals surface area contributed by atoms with Crippen LogP contribution in [0, 0.1) is 12.8 Å². The van der Waals surface area contributed by atoms with E-state index in [-0.39, 0.29) is 54.0 Å². The minimum absolute atomic E-state index is 0.0933. The number of nitrogens with one attached hydrogen (secondary N) is 1. The van der Waals surface area contributed by atoms with Gasteiger partial charge in [-0.1, -0.05) is 0 Å². The molecule has 2 saturated heterocycles. The Morgan fingerprint density at radius 2 is 1.79 bits per heavy atom. The topological polar surface area (TPSA) is 113 Å². The molecule has 0 aliphatic carbocycles. The second-order valence-electron chi connectivity index (χ2n) is 7.88. The van der Waals surface area contributed by atoms with E-state index in [2.05, 4.69) is 10.2 Å².